The second-order valence-corrected chi connectivity index (χ2v) is 8.31. The summed E-state index contributed by atoms with van der Waals surface area (Å²) in [4.78, 5) is 31.3. The van der Waals surface area contributed by atoms with E-state index in [1.54, 1.807) is 31.2 Å². The Hall–Kier alpha value is -2.84. The van der Waals surface area contributed by atoms with Gasteiger partial charge in [0.2, 0.25) is 5.95 Å². The normalized spacial score (nSPS) is 11.4. The first-order valence-electron chi connectivity index (χ1n) is 8.75. The van der Waals surface area contributed by atoms with Crippen LogP contribution in [-0.4, -0.2) is 25.8 Å². The molecule has 8 nitrogen and oxygen atoms in total. The zero-order chi connectivity index (χ0) is 21.3. The number of carbonyl (C=O) groups excluding carboxylic acids is 1. The molecule has 152 valence electrons. The van der Waals surface area contributed by atoms with Gasteiger partial charge >= 0.3 is 6.03 Å². The summed E-state index contributed by atoms with van der Waals surface area (Å²) in [7, 11) is 0. The zero-order valence-corrected chi connectivity index (χ0v) is 17.8. The number of urea groups is 1. The quantitative estimate of drug-likeness (QED) is 0.563. The van der Waals surface area contributed by atoms with Crippen LogP contribution in [0.5, 0.6) is 0 Å². The van der Waals surface area contributed by atoms with E-state index in [2.05, 4.69) is 25.7 Å². The van der Waals surface area contributed by atoms with Gasteiger partial charge in [-0.05, 0) is 25.1 Å². The van der Waals surface area contributed by atoms with Gasteiger partial charge in [-0.25, -0.2) is 9.78 Å². The van der Waals surface area contributed by atoms with Gasteiger partial charge in [-0.1, -0.05) is 44.0 Å². The highest BCUT2D eigenvalue weighted by atomic mass is 35.5. The number of aromatic nitrogens is 4. The van der Waals surface area contributed by atoms with Crippen molar-refractivity contribution < 1.29 is 4.79 Å². The Kier molecular flexibility index (Phi) is 5.68. The Morgan fingerprint density at radius 3 is 2.45 bits per heavy atom. The molecule has 0 spiro atoms. The Morgan fingerprint density at radius 1 is 1.10 bits per heavy atom. The standard InChI is InChI=1S/C19H20Cl2N6O2/c1-10-7-16(28)25-17(22-10)27-15(9-14(26-27)19(2,3)4)24-18(29)23-11-5-6-12(20)13(21)8-11/h5-9H,1-4H3,(H,22,25,28)(H2,23,24,29). The van der Waals surface area contributed by atoms with Gasteiger partial charge in [0, 0.05) is 28.9 Å². The van der Waals surface area contributed by atoms with Crippen LogP contribution < -0.4 is 16.2 Å². The van der Waals surface area contributed by atoms with Crippen molar-refractivity contribution in [1.29, 1.82) is 0 Å². The number of benzene rings is 1. The van der Waals surface area contributed by atoms with Crippen LogP contribution in [0.2, 0.25) is 10.0 Å². The fourth-order valence-electron chi connectivity index (χ4n) is 2.51. The van der Waals surface area contributed by atoms with E-state index in [1.807, 2.05) is 20.8 Å². The van der Waals surface area contributed by atoms with Gasteiger partial charge < -0.3 is 5.32 Å². The molecule has 0 fully saturated rings. The molecule has 0 aliphatic heterocycles. The average molecular weight is 435 g/mol. The van der Waals surface area contributed by atoms with E-state index in [9.17, 15) is 9.59 Å². The molecule has 0 saturated heterocycles. The van der Waals surface area contributed by atoms with Crippen LogP contribution in [-0.2, 0) is 5.41 Å². The van der Waals surface area contributed by atoms with Gasteiger partial charge in [-0.2, -0.15) is 9.78 Å². The maximum absolute atomic E-state index is 12.5. The number of nitrogens with zero attached hydrogens (tertiary/aromatic N) is 3. The molecule has 10 heteroatoms. The molecular weight excluding hydrogens is 415 g/mol. The number of H-pyrrole nitrogens is 1. The number of anilines is 2. The molecule has 3 N–H and O–H groups in total. The summed E-state index contributed by atoms with van der Waals surface area (Å²) in [5.74, 6) is 0.552. The first kappa shape index (κ1) is 20.9. The molecule has 3 rings (SSSR count). The molecule has 3 aromatic rings. The monoisotopic (exact) mass is 434 g/mol. The number of hydrogen-bond acceptors (Lipinski definition) is 4. The molecule has 0 aliphatic carbocycles. The highest BCUT2D eigenvalue weighted by Gasteiger charge is 2.22. The molecule has 0 atom stereocenters. The number of aromatic amines is 1. The molecule has 2 aromatic heterocycles. The summed E-state index contributed by atoms with van der Waals surface area (Å²) < 4.78 is 1.39. The maximum atomic E-state index is 12.5. The third-order valence-corrected chi connectivity index (χ3v) is 4.69. The molecule has 2 amide bonds. The third-order valence-electron chi connectivity index (χ3n) is 3.95. The number of rotatable bonds is 3. The number of nitrogens with one attached hydrogen (secondary N) is 3. The lowest BCUT2D eigenvalue weighted by molar-refractivity contribution is 0.262. The van der Waals surface area contributed by atoms with Crippen molar-refractivity contribution in [2.45, 2.75) is 33.1 Å². The van der Waals surface area contributed by atoms with Crippen molar-refractivity contribution in [3.63, 3.8) is 0 Å². The van der Waals surface area contributed by atoms with Crippen LogP contribution in [0.4, 0.5) is 16.3 Å². The van der Waals surface area contributed by atoms with E-state index in [0.29, 0.717) is 32.9 Å². The SMILES string of the molecule is Cc1cc(=O)[nH]c(-n2nc(C(C)(C)C)cc2NC(=O)Nc2ccc(Cl)c(Cl)c2)n1. The topological polar surface area (TPSA) is 105 Å². The van der Waals surface area contributed by atoms with Gasteiger partial charge in [0.15, 0.2) is 0 Å². The lowest BCUT2D eigenvalue weighted by Crippen LogP contribution is -2.22. The smallest absolute Gasteiger partial charge is 0.308 e. The molecular formula is C19H20Cl2N6O2. The molecule has 29 heavy (non-hydrogen) atoms. The van der Waals surface area contributed by atoms with Crippen molar-refractivity contribution >= 4 is 40.7 Å². The first-order valence-corrected chi connectivity index (χ1v) is 9.50. The van der Waals surface area contributed by atoms with E-state index in [4.69, 9.17) is 23.2 Å². The number of amides is 2. The predicted octanol–water partition coefficient (Wildman–Crippen LogP) is 4.51. The Morgan fingerprint density at radius 2 is 1.83 bits per heavy atom. The second-order valence-electron chi connectivity index (χ2n) is 7.50. The number of halogens is 2. The molecule has 1 aromatic carbocycles. The summed E-state index contributed by atoms with van der Waals surface area (Å²) in [5.41, 5.74) is 1.12. The lowest BCUT2D eigenvalue weighted by Gasteiger charge is -2.13. The van der Waals surface area contributed by atoms with Gasteiger partial charge in [-0.3, -0.25) is 15.1 Å². The summed E-state index contributed by atoms with van der Waals surface area (Å²) in [6.45, 7) is 7.68. The van der Waals surface area contributed by atoms with Gasteiger partial charge in [0.1, 0.15) is 5.82 Å². The van der Waals surface area contributed by atoms with E-state index in [0.717, 1.165) is 0 Å². The van der Waals surface area contributed by atoms with Crippen LogP contribution in [0.1, 0.15) is 32.2 Å². The minimum absolute atomic E-state index is 0.204. The van der Waals surface area contributed by atoms with E-state index in [-0.39, 0.29) is 16.9 Å². The van der Waals surface area contributed by atoms with Crippen LogP contribution in [0.15, 0.2) is 35.1 Å². The molecule has 2 heterocycles. The van der Waals surface area contributed by atoms with Gasteiger partial charge in [0.25, 0.3) is 5.56 Å². The van der Waals surface area contributed by atoms with Crippen LogP contribution in [0.3, 0.4) is 0 Å². The van der Waals surface area contributed by atoms with Crippen molar-refractivity contribution in [3.8, 4) is 5.95 Å². The molecule has 0 saturated carbocycles. The lowest BCUT2D eigenvalue weighted by atomic mass is 9.92. The summed E-state index contributed by atoms with van der Waals surface area (Å²) in [6.07, 6.45) is 0. The van der Waals surface area contributed by atoms with Crippen LogP contribution >= 0.6 is 23.2 Å². The first-order chi connectivity index (χ1) is 13.5. The Balaban J connectivity index is 1.94. The van der Waals surface area contributed by atoms with Gasteiger partial charge in [-0.15, -0.1) is 0 Å². The Bertz CT molecular complexity index is 1130. The zero-order valence-electron chi connectivity index (χ0n) is 16.3. The van der Waals surface area contributed by atoms with Crippen LogP contribution in [0.25, 0.3) is 5.95 Å². The summed E-state index contributed by atoms with van der Waals surface area (Å²) in [5, 5.41) is 10.7. The maximum Gasteiger partial charge on any atom is 0.324 e. The molecule has 0 radical (unpaired) electrons. The molecule has 0 aliphatic rings. The number of hydrogen-bond donors (Lipinski definition) is 3. The van der Waals surface area contributed by atoms with Crippen molar-refractivity contribution in [2.24, 2.45) is 0 Å². The minimum atomic E-state index is -0.514. The molecule has 0 unspecified atom stereocenters. The highest BCUT2D eigenvalue weighted by molar-refractivity contribution is 6.42. The molecule has 0 bridgehead atoms. The fourth-order valence-corrected chi connectivity index (χ4v) is 2.81. The second kappa shape index (κ2) is 7.88. The van der Waals surface area contributed by atoms with E-state index < -0.39 is 6.03 Å². The fraction of sp³-hybridized carbons (Fsp3) is 0.263. The van der Waals surface area contributed by atoms with Crippen LogP contribution in [0, 0.1) is 6.92 Å². The predicted molar refractivity (Wildman–Crippen MR) is 115 cm³/mol. The number of aryl methyl sites for hydroxylation is 1. The van der Waals surface area contributed by atoms with E-state index in [1.165, 1.54) is 10.7 Å². The average Bonchev–Trinajstić information content (AvgIpc) is 3.01. The van der Waals surface area contributed by atoms with Gasteiger partial charge in [0.05, 0.1) is 15.7 Å². The largest absolute Gasteiger partial charge is 0.324 e. The number of carbonyl (C=O) groups is 1. The van der Waals surface area contributed by atoms with Crippen molar-refractivity contribution in [1.82, 2.24) is 19.7 Å². The Labute approximate surface area is 177 Å². The highest BCUT2D eigenvalue weighted by Crippen LogP contribution is 2.27. The van der Waals surface area contributed by atoms with E-state index >= 15 is 0 Å². The summed E-state index contributed by atoms with van der Waals surface area (Å²) in [6, 6.07) is 7.35. The summed E-state index contributed by atoms with van der Waals surface area (Å²) >= 11 is 11.9. The minimum Gasteiger partial charge on any atom is -0.308 e. The van der Waals surface area contributed by atoms with Crippen molar-refractivity contribution in [3.05, 3.63) is 62.1 Å². The third kappa shape index (κ3) is 4.96. The van der Waals surface area contributed by atoms with Crippen molar-refractivity contribution in [2.75, 3.05) is 10.6 Å².